The maximum atomic E-state index is 13.1. The van der Waals surface area contributed by atoms with Crippen molar-refractivity contribution >= 4 is 15.9 Å². The normalized spacial score (nSPS) is 10.6. The molecule has 0 aliphatic rings. The Labute approximate surface area is 91.1 Å². The van der Waals surface area contributed by atoms with Crippen LogP contribution in [0.25, 0.3) is 0 Å². The minimum Gasteiger partial charge on any atom is -0.378 e. The first-order chi connectivity index (χ1) is 6.38. The number of halogens is 2. The summed E-state index contributed by atoms with van der Waals surface area (Å²) in [5, 5.41) is 9.33. The fraction of sp³-hybridized carbons (Fsp3) is 0.273. The molecular weight excluding hydrogens is 247 g/mol. The van der Waals surface area contributed by atoms with E-state index in [4.69, 9.17) is 0 Å². The number of aliphatic hydroxyl groups is 1. The Morgan fingerprint density at radius 1 is 1.43 bits per heavy atom. The summed E-state index contributed by atoms with van der Waals surface area (Å²) in [6.07, 6.45) is 0. The van der Waals surface area contributed by atoms with Gasteiger partial charge >= 0.3 is 0 Å². The van der Waals surface area contributed by atoms with Gasteiger partial charge in [0.25, 0.3) is 0 Å². The van der Waals surface area contributed by atoms with Gasteiger partial charge in [0.2, 0.25) is 0 Å². The van der Waals surface area contributed by atoms with Crippen LogP contribution < -0.4 is 0 Å². The number of hydrogen-bond acceptors (Lipinski definition) is 1. The van der Waals surface area contributed by atoms with Gasteiger partial charge in [-0.15, -0.1) is 0 Å². The molecule has 0 aliphatic heterocycles. The van der Waals surface area contributed by atoms with E-state index >= 15 is 0 Å². The molecule has 0 fully saturated rings. The van der Waals surface area contributed by atoms with E-state index in [1.165, 1.54) is 6.07 Å². The predicted molar refractivity (Wildman–Crippen MR) is 57.3 cm³/mol. The van der Waals surface area contributed by atoms with Gasteiger partial charge < -0.3 is 5.11 Å². The van der Waals surface area contributed by atoms with Crippen LogP contribution >= 0.6 is 15.9 Å². The molecule has 74 valence electrons. The van der Waals surface area contributed by atoms with Crippen molar-refractivity contribution in [3.05, 3.63) is 34.1 Å². The SMILES string of the molecule is CC(C)(O)C#Cc1cc(Br)ccc1F. The topological polar surface area (TPSA) is 20.2 Å². The van der Waals surface area contributed by atoms with Crippen molar-refractivity contribution in [3.8, 4) is 11.8 Å². The predicted octanol–water partition coefficient (Wildman–Crippen LogP) is 2.71. The first-order valence-corrected chi connectivity index (χ1v) is 4.88. The largest absolute Gasteiger partial charge is 0.378 e. The van der Waals surface area contributed by atoms with Crippen LogP contribution in [0.2, 0.25) is 0 Å². The van der Waals surface area contributed by atoms with Crippen molar-refractivity contribution in [2.75, 3.05) is 0 Å². The second-order valence-electron chi connectivity index (χ2n) is 3.43. The molecular formula is C11H10BrFO. The number of rotatable bonds is 0. The summed E-state index contributed by atoms with van der Waals surface area (Å²) in [5.41, 5.74) is -0.823. The Morgan fingerprint density at radius 2 is 2.07 bits per heavy atom. The minimum atomic E-state index is -1.10. The smallest absolute Gasteiger partial charge is 0.138 e. The van der Waals surface area contributed by atoms with Crippen molar-refractivity contribution in [3.63, 3.8) is 0 Å². The highest BCUT2D eigenvalue weighted by Crippen LogP contribution is 2.14. The molecule has 1 aromatic rings. The molecule has 3 heteroatoms. The lowest BCUT2D eigenvalue weighted by Gasteiger charge is -2.06. The zero-order valence-electron chi connectivity index (χ0n) is 7.94. The summed E-state index contributed by atoms with van der Waals surface area (Å²) in [5.74, 6) is 4.76. The average Bonchev–Trinajstić information content (AvgIpc) is 2.05. The van der Waals surface area contributed by atoms with E-state index in [9.17, 15) is 9.50 Å². The van der Waals surface area contributed by atoms with E-state index in [2.05, 4.69) is 27.8 Å². The Balaban J connectivity index is 3.06. The molecule has 0 amide bonds. The molecule has 0 unspecified atom stereocenters. The standard InChI is InChI=1S/C11H10BrFO/c1-11(2,14)6-5-8-7-9(12)3-4-10(8)13/h3-4,7,14H,1-2H3. The second-order valence-corrected chi connectivity index (χ2v) is 4.35. The molecule has 1 aromatic carbocycles. The molecule has 0 radical (unpaired) electrons. The Morgan fingerprint density at radius 3 is 2.64 bits per heavy atom. The van der Waals surface area contributed by atoms with Gasteiger partial charge in [0.1, 0.15) is 11.4 Å². The molecule has 0 spiro atoms. The minimum absolute atomic E-state index is 0.279. The number of hydrogen-bond donors (Lipinski definition) is 1. The quantitative estimate of drug-likeness (QED) is 0.708. The van der Waals surface area contributed by atoms with E-state index in [1.54, 1.807) is 26.0 Å². The van der Waals surface area contributed by atoms with Crippen LogP contribution in [-0.2, 0) is 0 Å². The van der Waals surface area contributed by atoms with Gasteiger partial charge in [-0.3, -0.25) is 0 Å². The molecule has 14 heavy (non-hydrogen) atoms. The summed E-state index contributed by atoms with van der Waals surface area (Å²) < 4.78 is 13.9. The Kier molecular flexibility index (Phi) is 3.30. The molecule has 0 heterocycles. The average molecular weight is 257 g/mol. The van der Waals surface area contributed by atoms with Crippen LogP contribution in [0.15, 0.2) is 22.7 Å². The van der Waals surface area contributed by atoms with Crippen LogP contribution in [0.3, 0.4) is 0 Å². The molecule has 1 N–H and O–H groups in total. The molecule has 1 nitrogen and oxygen atoms in total. The lowest BCUT2D eigenvalue weighted by Crippen LogP contribution is -2.14. The van der Waals surface area contributed by atoms with Gasteiger partial charge in [0.15, 0.2) is 0 Å². The van der Waals surface area contributed by atoms with Crippen molar-refractivity contribution in [1.82, 2.24) is 0 Å². The van der Waals surface area contributed by atoms with E-state index in [0.717, 1.165) is 4.47 Å². The highest BCUT2D eigenvalue weighted by molar-refractivity contribution is 9.10. The fourth-order valence-electron chi connectivity index (χ4n) is 0.814. The molecule has 0 aromatic heterocycles. The van der Waals surface area contributed by atoms with Crippen molar-refractivity contribution in [1.29, 1.82) is 0 Å². The lowest BCUT2D eigenvalue weighted by molar-refractivity contribution is 0.143. The van der Waals surface area contributed by atoms with Gasteiger partial charge in [0.05, 0.1) is 5.56 Å². The zero-order chi connectivity index (χ0) is 10.8. The second kappa shape index (κ2) is 4.12. The fourth-order valence-corrected chi connectivity index (χ4v) is 1.17. The van der Waals surface area contributed by atoms with Crippen molar-refractivity contribution < 1.29 is 9.50 Å². The van der Waals surface area contributed by atoms with Crippen LogP contribution in [-0.4, -0.2) is 10.7 Å². The van der Waals surface area contributed by atoms with Gasteiger partial charge in [-0.25, -0.2) is 4.39 Å². The lowest BCUT2D eigenvalue weighted by atomic mass is 10.1. The monoisotopic (exact) mass is 256 g/mol. The maximum Gasteiger partial charge on any atom is 0.138 e. The van der Waals surface area contributed by atoms with Gasteiger partial charge in [-0.1, -0.05) is 27.8 Å². The highest BCUT2D eigenvalue weighted by Gasteiger charge is 2.06. The van der Waals surface area contributed by atoms with E-state index in [0.29, 0.717) is 0 Å². The van der Waals surface area contributed by atoms with E-state index in [1.807, 2.05) is 0 Å². The maximum absolute atomic E-state index is 13.1. The van der Waals surface area contributed by atoms with E-state index in [-0.39, 0.29) is 11.4 Å². The van der Waals surface area contributed by atoms with Crippen molar-refractivity contribution in [2.24, 2.45) is 0 Å². The molecule has 0 atom stereocenters. The van der Waals surface area contributed by atoms with Crippen LogP contribution in [0.1, 0.15) is 19.4 Å². The highest BCUT2D eigenvalue weighted by atomic mass is 79.9. The summed E-state index contributed by atoms with van der Waals surface area (Å²) in [7, 11) is 0. The molecule has 0 saturated carbocycles. The number of benzene rings is 1. The van der Waals surface area contributed by atoms with Crippen LogP contribution in [0.5, 0.6) is 0 Å². The molecule has 1 rings (SSSR count). The third kappa shape index (κ3) is 3.49. The van der Waals surface area contributed by atoms with Gasteiger partial charge in [0, 0.05) is 4.47 Å². The third-order valence-electron chi connectivity index (χ3n) is 1.43. The van der Waals surface area contributed by atoms with Gasteiger partial charge in [-0.2, -0.15) is 0 Å². The summed E-state index contributed by atoms with van der Waals surface area (Å²) in [6, 6.07) is 4.51. The Bertz CT molecular complexity index is 396. The Hall–Kier alpha value is -0.850. The summed E-state index contributed by atoms with van der Waals surface area (Å²) in [6.45, 7) is 3.10. The zero-order valence-corrected chi connectivity index (χ0v) is 9.52. The molecule has 0 aliphatic carbocycles. The molecule has 0 saturated heterocycles. The first-order valence-electron chi connectivity index (χ1n) is 4.09. The summed E-state index contributed by atoms with van der Waals surface area (Å²) >= 11 is 3.22. The van der Waals surface area contributed by atoms with Crippen LogP contribution in [0.4, 0.5) is 4.39 Å². The summed E-state index contributed by atoms with van der Waals surface area (Å²) in [4.78, 5) is 0. The van der Waals surface area contributed by atoms with E-state index < -0.39 is 5.60 Å². The van der Waals surface area contributed by atoms with Crippen molar-refractivity contribution in [2.45, 2.75) is 19.4 Å². The van der Waals surface area contributed by atoms with Crippen LogP contribution in [0, 0.1) is 17.7 Å². The molecule has 0 bridgehead atoms. The third-order valence-corrected chi connectivity index (χ3v) is 1.92. The first kappa shape index (κ1) is 11.2. The van der Waals surface area contributed by atoms with Gasteiger partial charge in [-0.05, 0) is 32.0 Å².